The van der Waals surface area contributed by atoms with Crippen molar-refractivity contribution in [2.24, 2.45) is 10.9 Å². The number of benzene rings is 1. The van der Waals surface area contributed by atoms with Crippen molar-refractivity contribution in [2.75, 3.05) is 5.32 Å². The van der Waals surface area contributed by atoms with Crippen LogP contribution in [0.3, 0.4) is 0 Å². The van der Waals surface area contributed by atoms with Gasteiger partial charge in [0.2, 0.25) is 0 Å². The third-order valence-electron chi connectivity index (χ3n) is 3.23. The van der Waals surface area contributed by atoms with Crippen molar-refractivity contribution in [1.82, 2.24) is 0 Å². The van der Waals surface area contributed by atoms with E-state index < -0.39 is 0 Å². The summed E-state index contributed by atoms with van der Waals surface area (Å²) in [6.07, 6.45) is 3.26. The molecule has 1 aliphatic carbocycles. The Morgan fingerprint density at radius 3 is 3.00 bits per heavy atom. The van der Waals surface area contributed by atoms with Crippen molar-refractivity contribution in [3.8, 4) is 0 Å². The fourth-order valence-electron chi connectivity index (χ4n) is 2.38. The molecule has 3 heteroatoms. The lowest BCUT2D eigenvalue weighted by Crippen LogP contribution is -2.21. The molecule has 0 saturated heterocycles. The van der Waals surface area contributed by atoms with E-state index in [0.29, 0.717) is 12.3 Å². The van der Waals surface area contributed by atoms with Gasteiger partial charge in [-0.05, 0) is 24.5 Å². The van der Waals surface area contributed by atoms with Crippen molar-refractivity contribution in [2.45, 2.75) is 19.8 Å². The van der Waals surface area contributed by atoms with Crippen LogP contribution in [0.4, 0.5) is 11.4 Å². The van der Waals surface area contributed by atoms with Gasteiger partial charge < -0.3 is 5.32 Å². The van der Waals surface area contributed by atoms with Crippen LogP contribution < -0.4 is 5.32 Å². The van der Waals surface area contributed by atoms with Gasteiger partial charge in [0.25, 0.3) is 0 Å². The molecule has 1 aromatic carbocycles. The average Bonchev–Trinajstić information content (AvgIpc) is 2.47. The maximum absolute atomic E-state index is 12.0. The topological polar surface area (TPSA) is 41.5 Å². The molecule has 0 amide bonds. The highest BCUT2D eigenvalue weighted by Crippen LogP contribution is 2.33. The van der Waals surface area contributed by atoms with Gasteiger partial charge >= 0.3 is 0 Å². The van der Waals surface area contributed by atoms with Crippen LogP contribution in [-0.2, 0) is 4.79 Å². The number of carbonyl (C=O) groups excluding carboxylic acids is 1. The van der Waals surface area contributed by atoms with E-state index in [1.807, 2.05) is 24.3 Å². The molecule has 3 nitrogen and oxygen atoms in total. The second-order valence-corrected chi connectivity index (χ2v) is 4.73. The SMILES string of the molecule is C[C@@H]1CC(=O)C2=C(C1)Nc1ccccc1N=C2. The normalized spacial score (nSPS) is 22.6. The standard InChI is InChI=1S/C14H14N2O/c1-9-6-13-10(14(17)7-9)8-15-11-4-2-3-5-12(11)16-13/h2-5,8-9,16H,6-7H2,1H3/t9-/m0/s1. The number of hydrogen-bond donors (Lipinski definition) is 1. The van der Waals surface area contributed by atoms with Crippen LogP contribution in [0.5, 0.6) is 0 Å². The van der Waals surface area contributed by atoms with Crippen LogP contribution in [0.1, 0.15) is 19.8 Å². The smallest absolute Gasteiger partial charge is 0.166 e. The van der Waals surface area contributed by atoms with Crippen molar-refractivity contribution in [3.05, 3.63) is 35.5 Å². The van der Waals surface area contributed by atoms with Gasteiger partial charge in [0.05, 0.1) is 16.9 Å². The molecule has 17 heavy (non-hydrogen) atoms. The Morgan fingerprint density at radius 2 is 2.12 bits per heavy atom. The minimum absolute atomic E-state index is 0.197. The third-order valence-corrected chi connectivity index (χ3v) is 3.23. The first-order chi connectivity index (χ1) is 8.24. The van der Waals surface area contributed by atoms with E-state index in [1.54, 1.807) is 6.21 Å². The minimum atomic E-state index is 0.197. The fourth-order valence-corrected chi connectivity index (χ4v) is 2.38. The number of fused-ring (bicyclic) bond motifs is 1. The Bertz CT molecular complexity index is 543. The Hall–Kier alpha value is -1.90. The van der Waals surface area contributed by atoms with Crippen LogP contribution in [0.15, 0.2) is 40.5 Å². The molecule has 0 spiro atoms. The Labute approximate surface area is 100 Å². The summed E-state index contributed by atoms with van der Waals surface area (Å²) in [5.74, 6) is 0.607. The Kier molecular flexibility index (Phi) is 2.32. The number of Topliss-reactive ketones (excluding diaryl/α,β-unsaturated/α-hetero) is 1. The number of ketones is 1. The number of anilines is 1. The summed E-state index contributed by atoms with van der Waals surface area (Å²) in [5, 5.41) is 3.36. The van der Waals surface area contributed by atoms with E-state index >= 15 is 0 Å². The molecule has 3 rings (SSSR count). The number of aliphatic imine (C=N–C) groups is 1. The minimum Gasteiger partial charge on any atom is -0.356 e. The average molecular weight is 226 g/mol. The summed E-state index contributed by atoms with van der Waals surface area (Å²) in [7, 11) is 0. The first-order valence-corrected chi connectivity index (χ1v) is 5.90. The van der Waals surface area contributed by atoms with Crippen molar-refractivity contribution in [3.63, 3.8) is 0 Å². The summed E-state index contributed by atoms with van der Waals surface area (Å²) >= 11 is 0. The van der Waals surface area contributed by atoms with Gasteiger partial charge in [-0.25, -0.2) is 0 Å². The maximum atomic E-state index is 12.0. The number of carbonyl (C=O) groups is 1. The van der Waals surface area contributed by atoms with Crippen LogP contribution in [0.25, 0.3) is 0 Å². The first kappa shape index (κ1) is 10.3. The second-order valence-electron chi connectivity index (χ2n) is 4.73. The first-order valence-electron chi connectivity index (χ1n) is 5.90. The number of nitrogens with one attached hydrogen (secondary N) is 1. The zero-order valence-electron chi connectivity index (χ0n) is 9.73. The number of para-hydroxylation sites is 2. The Balaban J connectivity index is 2.07. The summed E-state index contributed by atoms with van der Waals surface area (Å²) in [5.41, 5.74) is 3.64. The van der Waals surface area contributed by atoms with E-state index in [9.17, 15) is 4.79 Å². The van der Waals surface area contributed by atoms with E-state index in [-0.39, 0.29) is 5.78 Å². The van der Waals surface area contributed by atoms with Crippen LogP contribution in [0, 0.1) is 5.92 Å². The molecule has 0 radical (unpaired) electrons. The van der Waals surface area contributed by atoms with Gasteiger partial charge in [-0.2, -0.15) is 0 Å². The van der Waals surface area contributed by atoms with Gasteiger partial charge in [-0.1, -0.05) is 19.1 Å². The van der Waals surface area contributed by atoms with Gasteiger partial charge in [0.1, 0.15) is 0 Å². The molecule has 1 aliphatic heterocycles. The van der Waals surface area contributed by atoms with Gasteiger partial charge in [0.15, 0.2) is 5.78 Å². The Morgan fingerprint density at radius 1 is 1.29 bits per heavy atom. The zero-order chi connectivity index (χ0) is 11.8. The lowest BCUT2D eigenvalue weighted by atomic mass is 9.88. The molecule has 0 saturated carbocycles. The molecule has 2 aliphatic rings. The highest BCUT2D eigenvalue weighted by atomic mass is 16.1. The van der Waals surface area contributed by atoms with E-state index in [2.05, 4.69) is 17.2 Å². The van der Waals surface area contributed by atoms with E-state index in [1.165, 1.54) is 0 Å². The molecule has 1 aromatic rings. The van der Waals surface area contributed by atoms with Crippen LogP contribution >= 0.6 is 0 Å². The fraction of sp³-hybridized carbons (Fsp3) is 0.286. The summed E-state index contributed by atoms with van der Waals surface area (Å²) in [6, 6.07) is 7.87. The van der Waals surface area contributed by atoms with Gasteiger partial charge in [-0.15, -0.1) is 0 Å². The molecule has 0 unspecified atom stereocenters. The van der Waals surface area contributed by atoms with Crippen molar-refractivity contribution < 1.29 is 4.79 Å². The number of allylic oxidation sites excluding steroid dienone is 2. The zero-order valence-corrected chi connectivity index (χ0v) is 9.73. The van der Waals surface area contributed by atoms with Crippen molar-refractivity contribution in [1.29, 1.82) is 0 Å². The molecular weight excluding hydrogens is 212 g/mol. The highest BCUT2D eigenvalue weighted by Gasteiger charge is 2.25. The largest absolute Gasteiger partial charge is 0.356 e. The molecule has 0 aromatic heterocycles. The molecule has 0 bridgehead atoms. The number of nitrogens with zero attached hydrogens (tertiary/aromatic N) is 1. The molecule has 86 valence electrons. The molecule has 0 fully saturated rings. The van der Waals surface area contributed by atoms with Gasteiger partial charge in [0, 0.05) is 18.3 Å². The van der Waals surface area contributed by atoms with E-state index in [4.69, 9.17) is 0 Å². The molecule has 1 heterocycles. The lowest BCUT2D eigenvalue weighted by molar-refractivity contribution is -0.116. The maximum Gasteiger partial charge on any atom is 0.166 e. The molecule has 1 N–H and O–H groups in total. The monoisotopic (exact) mass is 226 g/mol. The van der Waals surface area contributed by atoms with Crippen LogP contribution in [-0.4, -0.2) is 12.0 Å². The summed E-state index contributed by atoms with van der Waals surface area (Å²) in [6.45, 7) is 2.11. The summed E-state index contributed by atoms with van der Waals surface area (Å²) < 4.78 is 0. The molecule has 1 atom stereocenters. The lowest BCUT2D eigenvalue weighted by Gasteiger charge is -2.22. The predicted octanol–water partition coefficient (Wildman–Crippen LogP) is 3.07. The van der Waals surface area contributed by atoms with E-state index in [0.717, 1.165) is 29.1 Å². The predicted molar refractivity (Wildman–Crippen MR) is 68.6 cm³/mol. The highest BCUT2D eigenvalue weighted by molar-refractivity contribution is 6.16. The van der Waals surface area contributed by atoms with Crippen LogP contribution in [0.2, 0.25) is 0 Å². The van der Waals surface area contributed by atoms with Gasteiger partial charge in [-0.3, -0.25) is 9.79 Å². The molecular formula is C14H14N2O. The second kappa shape index (κ2) is 3.84. The van der Waals surface area contributed by atoms with Crippen molar-refractivity contribution >= 4 is 23.4 Å². The number of rotatable bonds is 0. The quantitative estimate of drug-likeness (QED) is 0.738. The number of hydrogen-bond acceptors (Lipinski definition) is 3. The third kappa shape index (κ3) is 1.78. The summed E-state index contributed by atoms with van der Waals surface area (Å²) in [4.78, 5) is 16.3.